The lowest BCUT2D eigenvalue weighted by molar-refractivity contribution is -0.132. The molecule has 8 nitrogen and oxygen atoms in total. The first-order valence-corrected chi connectivity index (χ1v) is 9.95. The molecule has 1 aromatic carbocycles. The Balaban J connectivity index is 1.67. The number of rotatable bonds is 4. The number of carboxylic acid groups (broad SMARTS) is 1. The number of benzene rings is 1. The summed E-state index contributed by atoms with van der Waals surface area (Å²) in [5.41, 5.74) is 1.67. The monoisotopic (exact) mass is 410 g/mol. The first-order chi connectivity index (χ1) is 12.8. The molecule has 0 bridgehead atoms. The Morgan fingerprint density at radius 2 is 2.11 bits per heavy atom. The summed E-state index contributed by atoms with van der Waals surface area (Å²) < 4.78 is 1.67. The number of aromatic nitrogens is 1. The minimum Gasteiger partial charge on any atom is -0.448 e. The molecule has 0 atom stereocenters. The second-order valence-electron chi connectivity index (χ2n) is 6.62. The van der Waals surface area contributed by atoms with Crippen LogP contribution in [-0.4, -0.2) is 52.5 Å². The highest BCUT2D eigenvalue weighted by Crippen LogP contribution is 2.29. The van der Waals surface area contributed by atoms with Crippen LogP contribution in [0.4, 0.5) is 15.3 Å². The molecule has 1 aromatic heterocycles. The number of hydrogen-bond donors (Lipinski definition) is 3. The zero-order chi connectivity index (χ0) is 19.6. The Labute approximate surface area is 166 Å². The minimum absolute atomic E-state index is 0.0245. The first kappa shape index (κ1) is 19.7. The van der Waals surface area contributed by atoms with Crippen LogP contribution in [0.1, 0.15) is 26.7 Å². The molecule has 2 amide bonds. The quantitative estimate of drug-likeness (QED) is 0.667. The van der Waals surface area contributed by atoms with Gasteiger partial charge >= 0.3 is 12.2 Å². The highest BCUT2D eigenvalue weighted by Gasteiger charge is 2.26. The van der Waals surface area contributed by atoms with Gasteiger partial charge in [0.05, 0.1) is 10.2 Å². The summed E-state index contributed by atoms with van der Waals surface area (Å²) in [5, 5.41) is 13.1. The fourth-order valence-corrected chi connectivity index (χ4v) is 4.29. The number of carbonyl (C=O) groups is 2. The maximum absolute atomic E-state index is 12.9. The largest absolute Gasteiger partial charge is 0.525 e. The van der Waals surface area contributed by atoms with E-state index < -0.39 is 6.16 Å². The van der Waals surface area contributed by atoms with Gasteiger partial charge in [0.25, 0.3) is 0 Å². The Morgan fingerprint density at radius 1 is 1.41 bits per heavy atom. The van der Waals surface area contributed by atoms with E-state index in [9.17, 15) is 9.59 Å². The Morgan fingerprint density at radius 3 is 2.74 bits per heavy atom. The van der Waals surface area contributed by atoms with Crippen LogP contribution in [-0.2, 0) is 4.84 Å². The highest BCUT2D eigenvalue weighted by molar-refractivity contribution is 7.82. The molecule has 1 fully saturated rings. The average Bonchev–Trinajstić information content (AvgIpc) is 2.95. The zero-order valence-corrected chi connectivity index (χ0v) is 16.8. The van der Waals surface area contributed by atoms with Crippen LogP contribution in [0.3, 0.4) is 0 Å². The third-order valence-electron chi connectivity index (χ3n) is 4.36. The number of anilines is 1. The van der Waals surface area contributed by atoms with E-state index in [4.69, 9.17) is 5.11 Å². The number of carbonyl (C=O) groups excluding carboxylic acids is 1. The van der Waals surface area contributed by atoms with E-state index in [-0.39, 0.29) is 18.1 Å². The number of hydrogen-bond acceptors (Lipinski definition) is 7. The molecule has 1 saturated heterocycles. The van der Waals surface area contributed by atoms with Crippen molar-refractivity contribution < 1.29 is 19.5 Å². The smallest absolute Gasteiger partial charge is 0.448 e. The van der Waals surface area contributed by atoms with Crippen LogP contribution in [0.2, 0.25) is 0 Å². The van der Waals surface area contributed by atoms with Crippen LogP contribution >= 0.6 is 24.0 Å². The molecule has 0 radical (unpaired) electrons. The number of nitrogens with one attached hydrogen (secondary N) is 1. The van der Waals surface area contributed by atoms with Gasteiger partial charge in [-0.15, -0.1) is 29.0 Å². The third-order valence-corrected chi connectivity index (χ3v) is 5.56. The van der Waals surface area contributed by atoms with E-state index in [0.717, 1.165) is 15.9 Å². The molecular weight excluding hydrogens is 388 g/mol. The van der Waals surface area contributed by atoms with Crippen molar-refractivity contribution in [2.75, 3.05) is 18.0 Å². The molecule has 1 aliphatic rings. The van der Waals surface area contributed by atoms with Crippen molar-refractivity contribution in [2.24, 2.45) is 0 Å². The molecule has 27 heavy (non-hydrogen) atoms. The van der Waals surface area contributed by atoms with Crippen LogP contribution in [0.15, 0.2) is 22.5 Å². The van der Waals surface area contributed by atoms with Crippen LogP contribution < -0.4 is 10.2 Å². The van der Waals surface area contributed by atoms with Crippen molar-refractivity contribution in [3.05, 3.63) is 18.2 Å². The van der Waals surface area contributed by atoms with Gasteiger partial charge in [-0.3, -0.25) is 4.90 Å². The van der Waals surface area contributed by atoms with Gasteiger partial charge in [0.2, 0.25) is 0 Å². The van der Waals surface area contributed by atoms with Crippen LogP contribution in [0.5, 0.6) is 0 Å². The van der Waals surface area contributed by atoms with Gasteiger partial charge in [-0.05, 0) is 44.9 Å². The molecular formula is C17H22N4O4S2. The summed E-state index contributed by atoms with van der Waals surface area (Å²) in [6, 6.07) is 5.52. The fourth-order valence-electron chi connectivity index (χ4n) is 3.15. The molecule has 0 saturated carbocycles. The van der Waals surface area contributed by atoms with Gasteiger partial charge in [-0.25, -0.2) is 14.6 Å². The molecule has 0 spiro atoms. The van der Waals surface area contributed by atoms with E-state index in [1.54, 1.807) is 4.90 Å². The summed E-state index contributed by atoms with van der Waals surface area (Å²) in [5.74, 6) is 0. The molecule has 2 N–H and O–H groups in total. The van der Waals surface area contributed by atoms with Crippen molar-refractivity contribution in [1.29, 1.82) is 0 Å². The van der Waals surface area contributed by atoms with Gasteiger partial charge < -0.3 is 15.3 Å². The van der Waals surface area contributed by atoms with Crippen molar-refractivity contribution in [1.82, 2.24) is 15.4 Å². The molecule has 146 valence electrons. The molecule has 1 aliphatic heterocycles. The SMILES string of the molecule is CC(C)N(C(=O)NC1CCN(OC(=O)O)CC1)c1ccc2nc(S)sc2c1. The predicted octanol–water partition coefficient (Wildman–Crippen LogP) is 3.58. The molecule has 2 heterocycles. The summed E-state index contributed by atoms with van der Waals surface area (Å²) in [4.78, 5) is 34.2. The lowest BCUT2D eigenvalue weighted by atomic mass is 10.1. The summed E-state index contributed by atoms with van der Waals surface area (Å²) in [6.07, 6.45) is -0.0599. The van der Waals surface area contributed by atoms with Gasteiger partial charge in [-0.2, -0.15) is 0 Å². The van der Waals surface area contributed by atoms with Gasteiger partial charge in [0, 0.05) is 30.9 Å². The molecule has 2 aromatic rings. The minimum atomic E-state index is -1.31. The lowest BCUT2D eigenvalue weighted by Crippen LogP contribution is -2.51. The van der Waals surface area contributed by atoms with Crippen molar-refractivity contribution in [3.8, 4) is 0 Å². The van der Waals surface area contributed by atoms with Crippen LogP contribution in [0.25, 0.3) is 10.2 Å². The average molecular weight is 411 g/mol. The van der Waals surface area contributed by atoms with Gasteiger partial charge in [0.1, 0.15) is 4.34 Å². The molecule has 0 unspecified atom stereocenters. The second kappa shape index (κ2) is 8.32. The topological polar surface area (TPSA) is 95.0 Å². The van der Waals surface area contributed by atoms with Crippen molar-refractivity contribution in [3.63, 3.8) is 0 Å². The van der Waals surface area contributed by atoms with E-state index in [2.05, 4.69) is 27.8 Å². The van der Waals surface area contributed by atoms with Crippen LogP contribution in [0, 0.1) is 0 Å². The number of nitrogens with zero attached hydrogens (tertiary/aromatic N) is 3. The number of thiol groups is 1. The Kier molecular flexibility index (Phi) is 6.08. The molecule has 0 aliphatic carbocycles. The number of urea groups is 1. The predicted molar refractivity (Wildman–Crippen MR) is 107 cm³/mol. The van der Waals surface area contributed by atoms with Crippen molar-refractivity contribution >= 4 is 52.1 Å². The normalized spacial score (nSPS) is 15.9. The van der Waals surface area contributed by atoms with Crippen molar-refractivity contribution in [2.45, 2.75) is 43.1 Å². The van der Waals surface area contributed by atoms with Gasteiger partial charge in [-0.1, -0.05) is 0 Å². The summed E-state index contributed by atoms with van der Waals surface area (Å²) in [7, 11) is 0. The summed E-state index contributed by atoms with van der Waals surface area (Å²) >= 11 is 5.76. The maximum atomic E-state index is 12.9. The number of hydroxylamine groups is 2. The Bertz CT molecular complexity index is 833. The fraction of sp³-hybridized carbons (Fsp3) is 0.471. The van der Waals surface area contributed by atoms with E-state index >= 15 is 0 Å². The second-order valence-corrected chi connectivity index (χ2v) is 8.38. The maximum Gasteiger partial charge on any atom is 0.525 e. The standard InChI is InChI=1S/C17H22N4O4S2/c1-10(2)21(12-3-4-13-14(9-12)27-16(26)19-13)15(22)18-11-5-7-20(8-6-11)25-17(23)24/h3-4,9-11H,5-8H2,1-2H3,(H,18,22)(H,19,26)(H,23,24). The molecule has 3 rings (SSSR count). The lowest BCUT2D eigenvalue weighted by Gasteiger charge is -2.33. The van der Waals surface area contributed by atoms with E-state index in [0.29, 0.717) is 30.3 Å². The van der Waals surface area contributed by atoms with Gasteiger partial charge in [0.15, 0.2) is 0 Å². The van der Waals surface area contributed by atoms with E-state index in [1.807, 2.05) is 32.0 Å². The Hall–Kier alpha value is -2.04. The number of amides is 2. The zero-order valence-electron chi connectivity index (χ0n) is 15.1. The molecule has 10 heteroatoms. The number of fused-ring (bicyclic) bond motifs is 1. The summed E-state index contributed by atoms with van der Waals surface area (Å²) in [6.45, 7) is 4.83. The third kappa shape index (κ3) is 4.82. The number of piperidine rings is 1. The number of thiazole rings is 1. The highest BCUT2D eigenvalue weighted by atomic mass is 32.2. The first-order valence-electron chi connectivity index (χ1n) is 8.68. The van der Waals surface area contributed by atoms with E-state index in [1.165, 1.54) is 16.4 Å².